The number of benzene rings is 1. The summed E-state index contributed by atoms with van der Waals surface area (Å²) in [5, 5.41) is 34.1. The molecule has 0 aliphatic carbocycles. The highest BCUT2D eigenvalue weighted by Gasteiger charge is 2.52. The summed E-state index contributed by atoms with van der Waals surface area (Å²) in [5.74, 6) is -6.59. The molecule has 1 aromatic carbocycles. The van der Waals surface area contributed by atoms with Crippen LogP contribution in [0.15, 0.2) is 36.5 Å². The molecule has 15 heteroatoms. The fraction of sp³-hybridized carbons (Fsp3) is 0.483. The van der Waals surface area contributed by atoms with Gasteiger partial charge >= 0.3 is 11.9 Å². The van der Waals surface area contributed by atoms with Crippen molar-refractivity contribution >= 4 is 34.9 Å². The molecule has 0 saturated carbocycles. The summed E-state index contributed by atoms with van der Waals surface area (Å²) in [6.45, 7) is 1.97. The van der Waals surface area contributed by atoms with E-state index in [2.05, 4.69) is 5.10 Å². The number of carboxylic acids is 2. The van der Waals surface area contributed by atoms with Gasteiger partial charge in [0.05, 0.1) is 15.7 Å². The minimum Gasteiger partial charge on any atom is -0.479 e. The number of halogens is 3. The summed E-state index contributed by atoms with van der Waals surface area (Å²) in [4.78, 5) is 27.8. The molecule has 3 N–H and O–H groups in total. The number of aliphatic carboxylic acids is 2. The zero-order valence-corrected chi connectivity index (χ0v) is 25.8. The lowest BCUT2D eigenvalue weighted by Gasteiger charge is -2.47. The van der Waals surface area contributed by atoms with Crippen LogP contribution in [-0.2, 0) is 37.1 Å². The average Bonchev–Trinajstić information content (AvgIpc) is 3.55. The van der Waals surface area contributed by atoms with Crippen LogP contribution in [0.3, 0.4) is 0 Å². The Kier molecular flexibility index (Phi) is 9.16. The van der Waals surface area contributed by atoms with Gasteiger partial charge in [0, 0.05) is 41.8 Å². The topological polar surface area (TPSA) is 138 Å². The molecule has 2 aliphatic rings. The summed E-state index contributed by atoms with van der Waals surface area (Å²) in [6, 6.07) is 8.91. The van der Waals surface area contributed by atoms with Gasteiger partial charge in [-0.3, -0.25) is 4.90 Å². The molecule has 3 unspecified atom stereocenters. The molecule has 1 fully saturated rings. The number of fused-ring (bicyclic) bond motifs is 2. The van der Waals surface area contributed by atoms with Crippen molar-refractivity contribution in [2.45, 2.75) is 56.3 Å². The van der Waals surface area contributed by atoms with E-state index in [1.165, 1.54) is 6.07 Å². The van der Waals surface area contributed by atoms with Gasteiger partial charge in [-0.15, -0.1) is 11.3 Å². The van der Waals surface area contributed by atoms with Crippen LogP contribution in [0.25, 0.3) is 5.69 Å². The van der Waals surface area contributed by atoms with Gasteiger partial charge in [-0.05, 0) is 51.6 Å². The second kappa shape index (κ2) is 12.4. The van der Waals surface area contributed by atoms with E-state index in [-0.39, 0.29) is 35.8 Å². The number of thiophene rings is 1. The van der Waals surface area contributed by atoms with Gasteiger partial charge in [0.1, 0.15) is 18.4 Å². The van der Waals surface area contributed by atoms with Crippen LogP contribution in [0, 0.1) is 6.92 Å². The number of likely N-dealkylation sites (tertiary alicyclic amines) is 1. The van der Waals surface area contributed by atoms with Crippen molar-refractivity contribution in [3.05, 3.63) is 68.1 Å². The highest BCUT2D eigenvalue weighted by Crippen LogP contribution is 2.53. The second-order valence-electron chi connectivity index (χ2n) is 11.3. The van der Waals surface area contributed by atoms with Crippen LogP contribution in [0.4, 0.5) is 8.78 Å². The fourth-order valence-electron chi connectivity index (χ4n) is 5.77. The summed E-state index contributed by atoms with van der Waals surface area (Å²) in [6.07, 6.45) is -3.39. The molecule has 0 bridgehead atoms. The molecule has 2 aromatic heterocycles. The Labute approximate surface area is 261 Å². The van der Waals surface area contributed by atoms with Crippen LogP contribution >= 0.6 is 22.9 Å². The maximum Gasteiger partial charge on any atom is 0.336 e. The van der Waals surface area contributed by atoms with E-state index < -0.39 is 48.5 Å². The Morgan fingerprint density at radius 2 is 1.89 bits per heavy atom. The number of carbonyl (C=O) groups is 2. The lowest BCUT2D eigenvalue weighted by Crippen LogP contribution is -2.51. The van der Waals surface area contributed by atoms with Crippen molar-refractivity contribution < 1.29 is 43.2 Å². The van der Waals surface area contributed by atoms with E-state index in [1.54, 1.807) is 22.7 Å². The highest BCUT2D eigenvalue weighted by atomic mass is 35.5. The van der Waals surface area contributed by atoms with Crippen LogP contribution < -0.4 is 0 Å². The molecule has 4 heterocycles. The summed E-state index contributed by atoms with van der Waals surface area (Å²) >= 11 is 7.20. The van der Waals surface area contributed by atoms with Gasteiger partial charge in [0.25, 0.3) is 5.92 Å². The number of aliphatic hydroxyl groups is 1. The maximum atomic E-state index is 14.7. The van der Waals surface area contributed by atoms with E-state index in [1.807, 2.05) is 43.3 Å². The Hall–Kier alpha value is -2.98. The molecule has 1 spiro atoms. The number of rotatable bonds is 10. The van der Waals surface area contributed by atoms with Crippen LogP contribution in [-0.4, -0.2) is 92.8 Å². The smallest absolute Gasteiger partial charge is 0.336 e. The zero-order chi connectivity index (χ0) is 32.0. The zero-order valence-electron chi connectivity index (χ0n) is 24.2. The normalized spacial score (nSPS) is 19.9. The van der Waals surface area contributed by atoms with Crippen molar-refractivity contribution in [2.75, 3.05) is 33.8 Å². The molecule has 5 rings (SSSR count). The summed E-state index contributed by atoms with van der Waals surface area (Å²) < 4.78 is 43.0. The van der Waals surface area contributed by atoms with Crippen molar-refractivity contribution in [3.8, 4) is 5.69 Å². The Balaban J connectivity index is 1.50. The molecule has 11 nitrogen and oxygen atoms in total. The van der Waals surface area contributed by atoms with Crippen LogP contribution in [0.1, 0.15) is 46.3 Å². The number of ether oxygens (including phenoxy) is 2. The van der Waals surface area contributed by atoms with Gasteiger partial charge in [-0.2, -0.15) is 13.9 Å². The van der Waals surface area contributed by atoms with Crippen molar-refractivity contribution in [3.63, 3.8) is 0 Å². The third-order valence-corrected chi connectivity index (χ3v) is 9.41. The van der Waals surface area contributed by atoms with Crippen LogP contribution in [0.5, 0.6) is 0 Å². The largest absolute Gasteiger partial charge is 0.479 e. The van der Waals surface area contributed by atoms with E-state index >= 15 is 0 Å². The van der Waals surface area contributed by atoms with Gasteiger partial charge in [0.15, 0.2) is 12.2 Å². The molecular formula is C29H33ClF2N4O7S. The molecule has 0 amide bonds. The predicted molar refractivity (Wildman–Crippen MR) is 156 cm³/mol. The summed E-state index contributed by atoms with van der Waals surface area (Å²) in [5.41, 5.74) is 1.54. The molecular weight excluding hydrogens is 622 g/mol. The summed E-state index contributed by atoms with van der Waals surface area (Å²) in [7, 11) is 3.88. The first-order chi connectivity index (χ1) is 20.7. The number of alkyl halides is 2. The highest BCUT2D eigenvalue weighted by molar-refractivity contribution is 7.16. The van der Waals surface area contributed by atoms with Gasteiger partial charge in [-0.25, -0.2) is 14.3 Å². The third-order valence-electron chi connectivity index (χ3n) is 7.96. The van der Waals surface area contributed by atoms with E-state index in [0.29, 0.717) is 22.7 Å². The van der Waals surface area contributed by atoms with E-state index in [4.69, 9.17) is 21.1 Å². The molecule has 2 aliphatic heterocycles. The standard InChI is InChI=1S/C29H33ClF2N4O7S/c1-16-18(14-36(33-16)20-7-5-4-6-17(20)13-34(2)3)25(43-23(27(40)41)22(37)26(38)39)35-10-8-28(9-11-35)24-19(12-21(30)44-24)29(31,32)15-42-28/h4-7,12,14,22-23,25,37H,8-11,13,15H2,1-3H3,(H,38,39)(H,40,41). The SMILES string of the molecule is Cc1nn(-c2ccccc2CN(C)C)cc1C(OC(C(=O)O)C(O)C(=O)O)N1CCC2(CC1)OCC(F)(F)c1cc(Cl)sc12. The molecule has 44 heavy (non-hydrogen) atoms. The minimum atomic E-state index is -3.18. The first-order valence-electron chi connectivity index (χ1n) is 13.9. The number of aromatic nitrogens is 2. The lowest BCUT2D eigenvalue weighted by atomic mass is 9.84. The quantitative estimate of drug-likeness (QED) is 0.294. The molecule has 0 radical (unpaired) electrons. The van der Waals surface area contributed by atoms with Gasteiger partial charge < -0.3 is 29.7 Å². The second-order valence-corrected chi connectivity index (χ2v) is 13.0. The average molecular weight is 655 g/mol. The number of nitrogens with zero attached hydrogens (tertiary/aromatic N) is 4. The lowest BCUT2D eigenvalue weighted by molar-refractivity contribution is -0.206. The number of piperidine rings is 1. The van der Waals surface area contributed by atoms with E-state index in [9.17, 15) is 33.7 Å². The Morgan fingerprint density at radius 3 is 2.52 bits per heavy atom. The molecule has 3 aromatic rings. The first kappa shape index (κ1) is 32.4. The number of aryl methyl sites for hydroxylation is 1. The first-order valence-corrected chi connectivity index (χ1v) is 15.1. The van der Waals surface area contributed by atoms with Crippen molar-refractivity contribution in [2.24, 2.45) is 0 Å². The van der Waals surface area contributed by atoms with Crippen molar-refractivity contribution in [1.29, 1.82) is 0 Å². The number of hydrogen-bond donors (Lipinski definition) is 3. The predicted octanol–water partition coefficient (Wildman–Crippen LogP) is 3.98. The van der Waals surface area contributed by atoms with Crippen LogP contribution in [0.2, 0.25) is 4.34 Å². The number of para-hydroxylation sites is 1. The van der Waals surface area contributed by atoms with Crippen molar-refractivity contribution in [1.82, 2.24) is 19.6 Å². The Morgan fingerprint density at radius 1 is 1.20 bits per heavy atom. The molecule has 3 atom stereocenters. The minimum absolute atomic E-state index is 0.149. The molecule has 1 saturated heterocycles. The van der Waals surface area contributed by atoms with Gasteiger partial charge in [-0.1, -0.05) is 29.8 Å². The maximum absolute atomic E-state index is 14.7. The number of aliphatic hydroxyl groups excluding tert-OH is 1. The Bertz CT molecular complexity index is 1540. The fourth-order valence-corrected chi connectivity index (χ4v) is 7.25. The third kappa shape index (κ3) is 6.25. The number of carboxylic acid groups (broad SMARTS) is 2. The number of hydrogen-bond acceptors (Lipinski definition) is 9. The monoisotopic (exact) mass is 654 g/mol. The molecule has 238 valence electrons. The van der Waals surface area contributed by atoms with E-state index in [0.717, 1.165) is 22.6 Å². The van der Waals surface area contributed by atoms with Gasteiger partial charge in [0.2, 0.25) is 0 Å².